The lowest BCUT2D eigenvalue weighted by molar-refractivity contribution is -0.119. The highest BCUT2D eigenvalue weighted by Crippen LogP contribution is 2.34. The number of nitrogens with zero attached hydrogens (tertiary/aromatic N) is 1. The van der Waals surface area contributed by atoms with Crippen LogP contribution >= 0.6 is 24.0 Å². The van der Waals surface area contributed by atoms with Gasteiger partial charge in [-0.3, -0.25) is 9.78 Å². The number of likely N-dealkylation sites (N-methyl/N-ethyl adjacent to an activating group) is 1. The van der Waals surface area contributed by atoms with Crippen molar-refractivity contribution < 1.29 is 4.79 Å². The molecule has 1 amide bonds. The SMILES string of the molecule is CNC(=O)Cc1ccc(Nc2cc(-c3cccc(Cl)c3)nc3c2CCC3)cc1.Cl. The second-order valence-electron chi connectivity index (χ2n) is 7.02. The monoisotopic (exact) mass is 427 g/mol. The zero-order chi connectivity index (χ0) is 19.5. The van der Waals surface area contributed by atoms with Gasteiger partial charge in [0.1, 0.15) is 0 Å². The first-order valence-corrected chi connectivity index (χ1v) is 9.85. The van der Waals surface area contributed by atoms with E-state index in [1.54, 1.807) is 7.05 Å². The molecular weight excluding hydrogens is 405 g/mol. The number of hydrogen-bond acceptors (Lipinski definition) is 3. The molecule has 0 bridgehead atoms. The number of carbonyl (C=O) groups excluding carboxylic acids is 1. The van der Waals surface area contributed by atoms with Crippen LogP contribution < -0.4 is 10.6 Å². The maximum absolute atomic E-state index is 11.5. The van der Waals surface area contributed by atoms with Crippen molar-refractivity contribution in [1.29, 1.82) is 0 Å². The second kappa shape index (κ2) is 9.29. The Morgan fingerprint density at radius 1 is 1.10 bits per heavy atom. The van der Waals surface area contributed by atoms with Crippen molar-refractivity contribution in [3.05, 3.63) is 76.4 Å². The summed E-state index contributed by atoms with van der Waals surface area (Å²) in [6.45, 7) is 0. The molecule has 1 aromatic heterocycles. The van der Waals surface area contributed by atoms with Gasteiger partial charge in [-0.1, -0.05) is 35.9 Å². The van der Waals surface area contributed by atoms with E-state index in [9.17, 15) is 4.79 Å². The Morgan fingerprint density at radius 3 is 2.62 bits per heavy atom. The van der Waals surface area contributed by atoms with Crippen LogP contribution in [0, 0.1) is 0 Å². The van der Waals surface area contributed by atoms with Gasteiger partial charge in [-0.05, 0) is 60.7 Å². The number of aryl methyl sites for hydroxylation is 1. The van der Waals surface area contributed by atoms with Crippen LogP contribution in [-0.2, 0) is 24.1 Å². The summed E-state index contributed by atoms with van der Waals surface area (Å²) in [5, 5.41) is 6.91. The van der Waals surface area contributed by atoms with Crippen LogP contribution in [0.15, 0.2) is 54.6 Å². The summed E-state index contributed by atoms with van der Waals surface area (Å²) in [5.74, 6) is 0.0128. The molecule has 0 aliphatic heterocycles. The molecular formula is C23H23Cl2N3O. The Kier molecular flexibility index (Phi) is 6.78. The maximum Gasteiger partial charge on any atom is 0.224 e. The van der Waals surface area contributed by atoms with Crippen LogP contribution in [0.1, 0.15) is 23.2 Å². The van der Waals surface area contributed by atoms with Crippen LogP contribution in [0.4, 0.5) is 11.4 Å². The summed E-state index contributed by atoms with van der Waals surface area (Å²) >= 11 is 6.17. The van der Waals surface area contributed by atoms with E-state index in [4.69, 9.17) is 16.6 Å². The Labute approximate surface area is 182 Å². The van der Waals surface area contributed by atoms with Crippen molar-refractivity contribution in [3.63, 3.8) is 0 Å². The minimum Gasteiger partial charge on any atom is -0.359 e. The third kappa shape index (κ3) is 4.89. The number of benzene rings is 2. The molecule has 2 aromatic carbocycles. The first-order valence-electron chi connectivity index (χ1n) is 9.47. The fraction of sp³-hybridized carbons (Fsp3) is 0.217. The van der Waals surface area contributed by atoms with E-state index >= 15 is 0 Å². The average Bonchev–Trinajstić information content (AvgIpc) is 3.18. The Balaban J connectivity index is 0.00000240. The summed E-state index contributed by atoms with van der Waals surface area (Å²) < 4.78 is 0. The van der Waals surface area contributed by atoms with Gasteiger partial charge in [0, 0.05) is 34.7 Å². The van der Waals surface area contributed by atoms with Crippen LogP contribution in [0.5, 0.6) is 0 Å². The molecule has 1 aliphatic carbocycles. The van der Waals surface area contributed by atoms with Crippen molar-refractivity contribution in [1.82, 2.24) is 10.3 Å². The molecule has 0 saturated heterocycles. The van der Waals surface area contributed by atoms with Gasteiger partial charge < -0.3 is 10.6 Å². The number of fused-ring (bicyclic) bond motifs is 1. The molecule has 2 N–H and O–H groups in total. The first-order chi connectivity index (χ1) is 13.6. The number of hydrogen-bond donors (Lipinski definition) is 2. The zero-order valence-corrected chi connectivity index (χ0v) is 17.7. The fourth-order valence-electron chi connectivity index (χ4n) is 3.59. The topological polar surface area (TPSA) is 54.0 Å². The van der Waals surface area contributed by atoms with Crippen LogP contribution in [0.25, 0.3) is 11.3 Å². The molecule has 4 rings (SSSR count). The van der Waals surface area contributed by atoms with Crippen molar-refractivity contribution in [2.75, 3.05) is 12.4 Å². The average molecular weight is 428 g/mol. The first kappa shape index (κ1) is 21.2. The molecule has 3 aromatic rings. The van der Waals surface area contributed by atoms with Crippen molar-refractivity contribution >= 4 is 41.3 Å². The fourth-order valence-corrected chi connectivity index (χ4v) is 3.78. The van der Waals surface area contributed by atoms with E-state index in [-0.39, 0.29) is 18.3 Å². The molecule has 0 saturated carbocycles. The number of halogens is 2. The van der Waals surface area contributed by atoms with Crippen molar-refractivity contribution in [2.45, 2.75) is 25.7 Å². The molecule has 0 atom stereocenters. The summed E-state index contributed by atoms with van der Waals surface area (Å²) in [7, 11) is 1.65. The number of carbonyl (C=O) groups is 1. The molecule has 29 heavy (non-hydrogen) atoms. The van der Waals surface area contributed by atoms with E-state index in [0.29, 0.717) is 11.4 Å². The van der Waals surface area contributed by atoms with Gasteiger partial charge >= 0.3 is 0 Å². The normalized spacial score (nSPS) is 12.1. The number of anilines is 2. The molecule has 0 unspecified atom stereocenters. The van der Waals surface area contributed by atoms with Gasteiger partial charge in [-0.15, -0.1) is 12.4 Å². The Bertz CT molecular complexity index is 1020. The van der Waals surface area contributed by atoms with Gasteiger partial charge in [-0.25, -0.2) is 0 Å². The molecule has 6 heteroatoms. The van der Waals surface area contributed by atoms with Crippen LogP contribution in [-0.4, -0.2) is 17.9 Å². The third-order valence-corrected chi connectivity index (χ3v) is 5.28. The van der Waals surface area contributed by atoms with E-state index in [0.717, 1.165) is 53.2 Å². The van der Waals surface area contributed by atoms with E-state index in [1.807, 2.05) is 48.5 Å². The summed E-state index contributed by atoms with van der Waals surface area (Å²) in [6.07, 6.45) is 3.56. The second-order valence-corrected chi connectivity index (χ2v) is 7.45. The number of pyridine rings is 1. The highest BCUT2D eigenvalue weighted by atomic mass is 35.5. The van der Waals surface area contributed by atoms with E-state index in [1.165, 1.54) is 5.56 Å². The molecule has 0 fully saturated rings. The number of amides is 1. The largest absolute Gasteiger partial charge is 0.359 e. The van der Waals surface area contributed by atoms with E-state index < -0.39 is 0 Å². The number of rotatable bonds is 5. The lowest BCUT2D eigenvalue weighted by atomic mass is 10.1. The molecule has 0 spiro atoms. The van der Waals surface area contributed by atoms with Crippen molar-refractivity contribution in [2.24, 2.45) is 0 Å². The molecule has 1 heterocycles. The number of nitrogens with one attached hydrogen (secondary N) is 2. The van der Waals surface area contributed by atoms with Gasteiger partial charge in [-0.2, -0.15) is 0 Å². The van der Waals surface area contributed by atoms with Gasteiger partial charge in [0.2, 0.25) is 5.91 Å². The molecule has 0 radical (unpaired) electrons. The van der Waals surface area contributed by atoms with Gasteiger partial charge in [0.25, 0.3) is 0 Å². The molecule has 4 nitrogen and oxygen atoms in total. The summed E-state index contributed by atoms with van der Waals surface area (Å²) in [5.41, 5.74) is 7.49. The quantitative estimate of drug-likeness (QED) is 0.577. The van der Waals surface area contributed by atoms with E-state index in [2.05, 4.69) is 16.7 Å². The predicted octanol–water partition coefficient (Wildman–Crippen LogP) is 5.34. The minimum atomic E-state index is 0. The Morgan fingerprint density at radius 2 is 1.90 bits per heavy atom. The Hall–Kier alpha value is -2.56. The lowest BCUT2D eigenvalue weighted by Crippen LogP contribution is -2.19. The summed E-state index contributed by atoms with van der Waals surface area (Å²) in [6, 6.07) is 17.9. The smallest absolute Gasteiger partial charge is 0.224 e. The zero-order valence-electron chi connectivity index (χ0n) is 16.2. The minimum absolute atomic E-state index is 0. The highest BCUT2D eigenvalue weighted by molar-refractivity contribution is 6.30. The molecule has 150 valence electrons. The standard InChI is InChI=1S/C23H22ClN3O.ClH/c1-25-23(28)12-15-8-10-18(11-9-15)26-22-14-21(16-4-2-5-17(24)13-16)27-20-7-3-6-19(20)22;/h2,4-5,8-11,13-14H,3,6-7,12H2,1H3,(H,25,28)(H,26,27);1H. The van der Waals surface area contributed by atoms with Gasteiger partial charge in [0.05, 0.1) is 12.1 Å². The summed E-state index contributed by atoms with van der Waals surface area (Å²) in [4.78, 5) is 16.4. The maximum atomic E-state index is 11.5. The lowest BCUT2D eigenvalue weighted by Gasteiger charge is -2.14. The predicted molar refractivity (Wildman–Crippen MR) is 121 cm³/mol. The van der Waals surface area contributed by atoms with Crippen LogP contribution in [0.3, 0.4) is 0 Å². The number of aromatic nitrogens is 1. The van der Waals surface area contributed by atoms with Crippen LogP contribution in [0.2, 0.25) is 5.02 Å². The molecule has 1 aliphatic rings. The van der Waals surface area contributed by atoms with Gasteiger partial charge in [0.15, 0.2) is 0 Å². The third-order valence-electron chi connectivity index (χ3n) is 5.05. The van der Waals surface area contributed by atoms with Crippen molar-refractivity contribution in [3.8, 4) is 11.3 Å². The highest BCUT2D eigenvalue weighted by Gasteiger charge is 2.19.